The zero-order chi connectivity index (χ0) is 16.7. The van der Waals surface area contributed by atoms with Crippen LogP contribution in [0.15, 0.2) is 53.4 Å². The molecule has 2 aromatic carbocycles. The standard InChI is InChI=1S/C17H17ClN2O2S/c1-2-12-3-5-13(6-4-12)17(22)20-19-16(21)11-23-15-9-7-14(18)8-10-15/h3-10H,2,11H2,1H3,(H,19,21)(H,20,22). The number of benzene rings is 2. The fourth-order valence-corrected chi connectivity index (χ4v) is 2.63. The summed E-state index contributed by atoms with van der Waals surface area (Å²) in [6, 6.07) is 14.5. The Morgan fingerprint density at radius 1 is 1.00 bits per heavy atom. The van der Waals surface area contributed by atoms with Crippen LogP contribution >= 0.6 is 23.4 Å². The molecule has 0 fully saturated rings. The van der Waals surface area contributed by atoms with Crippen LogP contribution in [0.3, 0.4) is 0 Å². The van der Waals surface area contributed by atoms with Crippen molar-refractivity contribution in [2.75, 3.05) is 5.75 Å². The second-order valence-corrected chi connectivity index (χ2v) is 6.28. The zero-order valence-corrected chi connectivity index (χ0v) is 14.2. The summed E-state index contributed by atoms with van der Waals surface area (Å²) in [4.78, 5) is 24.6. The summed E-state index contributed by atoms with van der Waals surface area (Å²) in [5.74, 6) is -0.405. The summed E-state index contributed by atoms with van der Waals surface area (Å²) in [7, 11) is 0. The first-order valence-corrected chi connectivity index (χ1v) is 8.51. The Morgan fingerprint density at radius 2 is 1.65 bits per heavy atom. The van der Waals surface area contributed by atoms with Crippen molar-refractivity contribution in [3.63, 3.8) is 0 Å². The van der Waals surface area contributed by atoms with Gasteiger partial charge in [0.25, 0.3) is 5.91 Å². The Kier molecular flexibility index (Phi) is 6.50. The number of amides is 2. The van der Waals surface area contributed by atoms with E-state index in [0.29, 0.717) is 10.6 Å². The summed E-state index contributed by atoms with van der Waals surface area (Å²) >= 11 is 7.17. The molecule has 2 rings (SSSR count). The van der Waals surface area contributed by atoms with E-state index in [0.717, 1.165) is 16.9 Å². The lowest BCUT2D eigenvalue weighted by Crippen LogP contribution is -2.42. The third-order valence-corrected chi connectivity index (χ3v) is 4.39. The van der Waals surface area contributed by atoms with Gasteiger partial charge in [0, 0.05) is 15.5 Å². The Labute approximate surface area is 144 Å². The monoisotopic (exact) mass is 348 g/mol. The second kappa shape index (κ2) is 8.60. The van der Waals surface area contributed by atoms with Crippen LogP contribution in [-0.2, 0) is 11.2 Å². The molecule has 2 aromatic rings. The maximum Gasteiger partial charge on any atom is 0.269 e. The molecule has 0 heterocycles. The number of nitrogens with one attached hydrogen (secondary N) is 2. The SMILES string of the molecule is CCc1ccc(C(=O)NNC(=O)CSc2ccc(Cl)cc2)cc1. The number of aryl methyl sites for hydroxylation is 1. The topological polar surface area (TPSA) is 58.2 Å². The van der Waals surface area contributed by atoms with Crippen LogP contribution in [0.25, 0.3) is 0 Å². The van der Waals surface area contributed by atoms with Crippen LogP contribution < -0.4 is 10.9 Å². The van der Waals surface area contributed by atoms with E-state index >= 15 is 0 Å². The van der Waals surface area contributed by atoms with E-state index in [9.17, 15) is 9.59 Å². The van der Waals surface area contributed by atoms with Crippen LogP contribution in [0.4, 0.5) is 0 Å². The molecule has 0 radical (unpaired) electrons. The first-order chi connectivity index (χ1) is 11.1. The van der Waals surface area contributed by atoms with Gasteiger partial charge in [0.05, 0.1) is 5.75 Å². The molecule has 0 aliphatic heterocycles. The number of carbonyl (C=O) groups is 2. The molecule has 0 atom stereocenters. The normalized spacial score (nSPS) is 10.2. The molecule has 0 unspecified atom stereocenters. The van der Waals surface area contributed by atoms with Gasteiger partial charge in [0.15, 0.2) is 0 Å². The third-order valence-electron chi connectivity index (χ3n) is 3.12. The minimum Gasteiger partial charge on any atom is -0.272 e. The van der Waals surface area contributed by atoms with E-state index < -0.39 is 0 Å². The van der Waals surface area contributed by atoms with E-state index in [1.54, 1.807) is 24.3 Å². The maximum atomic E-state index is 11.9. The van der Waals surface area contributed by atoms with Gasteiger partial charge in [-0.3, -0.25) is 20.4 Å². The van der Waals surface area contributed by atoms with Crippen molar-refractivity contribution in [2.24, 2.45) is 0 Å². The Hall–Kier alpha value is -1.98. The van der Waals surface area contributed by atoms with E-state index in [-0.39, 0.29) is 17.6 Å². The van der Waals surface area contributed by atoms with Gasteiger partial charge in [0.1, 0.15) is 0 Å². The molecule has 0 aliphatic carbocycles. The van der Waals surface area contributed by atoms with Crippen molar-refractivity contribution in [1.82, 2.24) is 10.9 Å². The van der Waals surface area contributed by atoms with E-state index in [2.05, 4.69) is 10.9 Å². The van der Waals surface area contributed by atoms with Gasteiger partial charge in [-0.05, 0) is 48.4 Å². The lowest BCUT2D eigenvalue weighted by atomic mass is 10.1. The van der Waals surface area contributed by atoms with Gasteiger partial charge in [-0.2, -0.15) is 0 Å². The first-order valence-electron chi connectivity index (χ1n) is 7.15. The maximum absolute atomic E-state index is 11.9. The summed E-state index contributed by atoms with van der Waals surface area (Å²) < 4.78 is 0. The van der Waals surface area contributed by atoms with Crippen molar-refractivity contribution in [2.45, 2.75) is 18.2 Å². The summed E-state index contributed by atoms with van der Waals surface area (Å²) in [6.45, 7) is 2.05. The van der Waals surface area contributed by atoms with Gasteiger partial charge in [-0.15, -0.1) is 11.8 Å². The number of halogens is 1. The second-order valence-electron chi connectivity index (χ2n) is 4.80. The van der Waals surface area contributed by atoms with Crippen LogP contribution in [0, 0.1) is 0 Å². The molecule has 0 aliphatic rings. The number of rotatable bonds is 5. The third kappa shape index (κ3) is 5.62. The molecule has 0 saturated heterocycles. The van der Waals surface area contributed by atoms with Crippen molar-refractivity contribution in [3.05, 3.63) is 64.7 Å². The fourth-order valence-electron chi connectivity index (χ4n) is 1.81. The van der Waals surface area contributed by atoms with E-state index in [1.165, 1.54) is 11.8 Å². The van der Waals surface area contributed by atoms with Crippen molar-refractivity contribution in [3.8, 4) is 0 Å². The van der Waals surface area contributed by atoms with Gasteiger partial charge >= 0.3 is 0 Å². The lowest BCUT2D eigenvalue weighted by Gasteiger charge is -2.08. The van der Waals surface area contributed by atoms with Gasteiger partial charge in [-0.1, -0.05) is 30.7 Å². The minimum absolute atomic E-state index is 0.205. The van der Waals surface area contributed by atoms with Crippen LogP contribution in [0.5, 0.6) is 0 Å². The average molecular weight is 349 g/mol. The summed E-state index contributed by atoms with van der Waals surface area (Å²) in [6.07, 6.45) is 0.917. The van der Waals surface area contributed by atoms with Crippen molar-refractivity contribution < 1.29 is 9.59 Å². The Balaban J connectivity index is 1.76. The highest BCUT2D eigenvalue weighted by atomic mass is 35.5. The molecule has 120 valence electrons. The molecule has 6 heteroatoms. The quantitative estimate of drug-likeness (QED) is 0.642. The lowest BCUT2D eigenvalue weighted by molar-refractivity contribution is -0.119. The van der Waals surface area contributed by atoms with Gasteiger partial charge < -0.3 is 0 Å². The number of hydrazine groups is 1. The minimum atomic E-state index is -0.336. The highest BCUT2D eigenvalue weighted by Crippen LogP contribution is 2.19. The predicted octanol–water partition coefficient (Wildman–Crippen LogP) is 3.46. The first kappa shape index (κ1) is 17.4. The molecular weight excluding hydrogens is 332 g/mol. The van der Waals surface area contributed by atoms with Crippen LogP contribution in [0.1, 0.15) is 22.8 Å². The average Bonchev–Trinajstić information content (AvgIpc) is 2.59. The molecular formula is C17H17ClN2O2S. The smallest absolute Gasteiger partial charge is 0.269 e. The molecule has 23 heavy (non-hydrogen) atoms. The number of hydrogen-bond acceptors (Lipinski definition) is 3. The van der Waals surface area contributed by atoms with Crippen molar-refractivity contribution in [1.29, 1.82) is 0 Å². The Morgan fingerprint density at radius 3 is 2.26 bits per heavy atom. The molecule has 4 nitrogen and oxygen atoms in total. The van der Waals surface area contributed by atoms with Gasteiger partial charge in [0.2, 0.25) is 5.91 Å². The number of hydrogen-bond donors (Lipinski definition) is 2. The Bertz CT molecular complexity index is 672. The molecule has 0 saturated carbocycles. The predicted molar refractivity (Wildman–Crippen MR) is 93.6 cm³/mol. The summed E-state index contributed by atoms with van der Waals surface area (Å²) in [5.41, 5.74) is 6.48. The molecule has 0 aromatic heterocycles. The van der Waals surface area contributed by atoms with Crippen LogP contribution in [-0.4, -0.2) is 17.6 Å². The molecule has 2 amide bonds. The summed E-state index contributed by atoms with van der Waals surface area (Å²) in [5, 5.41) is 0.653. The van der Waals surface area contributed by atoms with E-state index in [1.807, 2.05) is 31.2 Å². The number of thioether (sulfide) groups is 1. The van der Waals surface area contributed by atoms with E-state index in [4.69, 9.17) is 11.6 Å². The molecule has 2 N–H and O–H groups in total. The zero-order valence-electron chi connectivity index (χ0n) is 12.6. The highest BCUT2D eigenvalue weighted by molar-refractivity contribution is 8.00. The van der Waals surface area contributed by atoms with Crippen LogP contribution in [0.2, 0.25) is 5.02 Å². The molecule has 0 spiro atoms. The highest BCUT2D eigenvalue weighted by Gasteiger charge is 2.07. The molecule has 0 bridgehead atoms. The fraction of sp³-hybridized carbons (Fsp3) is 0.176. The van der Waals surface area contributed by atoms with Gasteiger partial charge in [-0.25, -0.2) is 0 Å². The van der Waals surface area contributed by atoms with Crippen molar-refractivity contribution >= 4 is 35.2 Å². The largest absolute Gasteiger partial charge is 0.272 e. The number of carbonyl (C=O) groups excluding carboxylic acids is 2.